The number of hydrogen-bond acceptors (Lipinski definition) is 2. The summed E-state index contributed by atoms with van der Waals surface area (Å²) in [6.45, 7) is 0. The maximum atomic E-state index is 12.1. The summed E-state index contributed by atoms with van der Waals surface area (Å²) in [5.41, 5.74) is 6.25. The first-order valence-corrected chi connectivity index (χ1v) is 7.04. The number of nitrogens with zero attached hydrogens (tertiary/aromatic N) is 2. The van der Waals surface area contributed by atoms with Gasteiger partial charge in [0.05, 0.1) is 10.6 Å². The highest BCUT2D eigenvalue weighted by molar-refractivity contribution is 6.36. The van der Waals surface area contributed by atoms with E-state index >= 15 is 0 Å². The van der Waals surface area contributed by atoms with Crippen molar-refractivity contribution < 1.29 is 4.79 Å². The highest BCUT2D eigenvalue weighted by Gasteiger charge is 2.13. The normalized spacial score (nSPS) is 11.5. The fraction of sp³-hybridized carbons (Fsp3) is 0. The fourth-order valence-corrected chi connectivity index (χ4v) is 2.38. The van der Waals surface area contributed by atoms with Crippen molar-refractivity contribution in [2.45, 2.75) is 0 Å². The van der Waals surface area contributed by atoms with Gasteiger partial charge in [0.1, 0.15) is 11.0 Å². The molecule has 0 bridgehead atoms. The van der Waals surface area contributed by atoms with Crippen LogP contribution in [-0.2, 0) is 0 Å². The highest BCUT2D eigenvalue weighted by atomic mass is 35.5. The smallest absolute Gasteiger partial charge is 0.282 e. The van der Waals surface area contributed by atoms with E-state index in [-0.39, 0.29) is 21.6 Å². The van der Waals surface area contributed by atoms with E-state index in [1.54, 1.807) is 6.07 Å². The Kier molecular flexibility index (Phi) is 5.06. The van der Waals surface area contributed by atoms with E-state index in [0.29, 0.717) is 15.6 Å². The van der Waals surface area contributed by atoms with Gasteiger partial charge < -0.3 is 5.73 Å². The minimum absolute atomic E-state index is 0.00919. The maximum Gasteiger partial charge on any atom is 0.282 e. The van der Waals surface area contributed by atoms with Gasteiger partial charge in [0.25, 0.3) is 5.91 Å². The number of halogens is 4. The Morgan fingerprint density at radius 3 is 2.24 bits per heavy atom. The number of amides is 1. The van der Waals surface area contributed by atoms with Crippen molar-refractivity contribution in [2.24, 2.45) is 10.7 Å². The van der Waals surface area contributed by atoms with Crippen LogP contribution in [0.15, 0.2) is 35.5 Å². The van der Waals surface area contributed by atoms with Gasteiger partial charge in [-0.05, 0) is 24.3 Å². The van der Waals surface area contributed by atoms with E-state index in [2.05, 4.69) is 9.98 Å². The average Bonchev–Trinajstić information content (AvgIpc) is 2.40. The molecule has 0 saturated heterocycles. The van der Waals surface area contributed by atoms with Gasteiger partial charge >= 0.3 is 0 Å². The molecule has 1 amide bonds. The van der Waals surface area contributed by atoms with Crippen LogP contribution in [0, 0.1) is 0 Å². The lowest BCUT2D eigenvalue weighted by molar-refractivity contribution is 0.100. The van der Waals surface area contributed by atoms with E-state index in [1.165, 1.54) is 24.4 Å². The van der Waals surface area contributed by atoms with Crippen molar-refractivity contribution in [3.8, 4) is 0 Å². The van der Waals surface area contributed by atoms with Crippen molar-refractivity contribution in [1.29, 1.82) is 0 Å². The molecule has 0 radical (unpaired) electrons. The first kappa shape index (κ1) is 16.0. The van der Waals surface area contributed by atoms with Crippen molar-refractivity contribution in [3.63, 3.8) is 0 Å². The molecule has 2 N–H and O–H groups in total. The molecule has 0 aliphatic heterocycles. The number of carbonyl (C=O) groups is 1. The van der Waals surface area contributed by atoms with Gasteiger partial charge in [-0.25, -0.2) is 4.98 Å². The van der Waals surface area contributed by atoms with E-state index in [4.69, 9.17) is 52.1 Å². The van der Waals surface area contributed by atoms with Crippen LogP contribution < -0.4 is 5.73 Å². The first-order valence-electron chi connectivity index (χ1n) is 5.53. The summed E-state index contributed by atoms with van der Waals surface area (Å²) < 4.78 is 0. The molecular weight excluding hydrogens is 356 g/mol. The van der Waals surface area contributed by atoms with Crippen LogP contribution in [0.4, 0.5) is 0 Å². The average molecular weight is 363 g/mol. The number of carbonyl (C=O) groups excluding carboxylic acids is 1. The monoisotopic (exact) mass is 361 g/mol. The summed E-state index contributed by atoms with van der Waals surface area (Å²) in [5.74, 6) is -0.705. The molecule has 0 atom stereocenters. The molecule has 21 heavy (non-hydrogen) atoms. The Balaban J connectivity index is 2.38. The van der Waals surface area contributed by atoms with Gasteiger partial charge in [-0.15, -0.1) is 0 Å². The summed E-state index contributed by atoms with van der Waals surface area (Å²) in [6, 6.07) is 5.98. The van der Waals surface area contributed by atoms with Crippen LogP contribution in [0.1, 0.15) is 15.9 Å². The summed E-state index contributed by atoms with van der Waals surface area (Å²) in [7, 11) is 0. The molecule has 4 nitrogen and oxygen atoms in total. The van der Waals surface area contributed by atoms with Gasteiger partial charge in [-0.3, -0.25) is 4.79 Å². The molecule has 0 spiro atoms. The second-order valence-electron chi connectivity index (χ2n) is 3.95. The van der Waals surface area contributed by atoms with Crippen LogP contribution in [0.5, 0.6) is 0 Å². The number of amidine groups is 1. The Labute approximate surface area is 140 Å². The van der Waals surface area contributed by atoms with Gasteiger partial charge in [0.2, 0.25) is 0 Å². The van der Waals surface area contributed by atoms with E-state index in [1.807, 2.05) is 0 Å². The molecule has 108 valence electrons. The third-order valence-corrected chi connectivity index (χ3v) is 3.36. The summed E-state index contributed by atoms with van der Waals surface area (Å²) in [5, 5.41) is 1.02. The molecule has 0 fully saturated rings. The van der Waals surface area contributed by atoms with Gasteiger partial charge in [0.15, 0.2) is 0 Å². The summed E-state index contributed by atoms with van der Waals surface area (Å²) in [4.78, 5) is 19.6. The zero-order valence-corrected chi connectivity index (χ0v) is 13.3. The van der Waals surface area contributed by atoms with Crippen LogP contribution in [-0.4, -0.2) is 16.7 Å². The number of rotatable bonds is 2. The topological polar surface area (TPSA) is 68.3 Å². The molecule has 2 rings (SSSR count). The molecule has 8 heteroatoms. The van der Waals surface area contributed by atoms with Gasteiger partial charge in [-0.1, -0.05) is 46.4 Å². The Morgan fingerprint density at radius 1 is 1.00 bits per heavy atom. The van der Waals surface area contributed by atoms with Gasteiger partial charge in [0, 0.05) is 21.8 Å². The number of hydrogen-bond donors (Lipinski definition) is 1. The number of benzene rings is 1. The molecule has 0 aliphatic carbocycles. The number of pyridine rings is 1. The third kappa shape index (κ3) is 4.08. The SMILES string of the molecule is NC(=NC(=O)c1cc(Cl)cnc1Cl)c1cc(Cl)cc(Cl)c1. The molecule has 0 saturated carbocycles. The summed E-state index contributed by atoms with van der Waals surface area (Å²) in [6.07, 6.45) is 1.32. The predicted octanol–water partition coefficient (Wildman–Crippen LogP) is 4.24. The first-order chi connectivity index (χ1) is 9.86. The zero-order valence-electron chi connectivity index (χ0n) is 10.3. The number of nitrogens with two attached hydrogens (primary N) is 1. The van der Waals surface area contributed by atoms with Gasteiger partial charge in [-0.2, -0.15) is 4.99 Å². The van der Waals surface area contributed by atoms with Crippen LogP contribution in [0.25, 0.3) is 0 Å². The Morgan fingerprint density at radius 2 is 1.62 bits per heavy atom. The van der Waals surface area contributed by atoms with Crippen LogP contribution in [0.2, 0.25) is 20.2 Å². The van der Waals surface area contributed by atoms with E-state index in [9.17, 15) is 4.79 Å². The predicted molar refractivity (Wildman–Crippen MR) is 85.8 cm³/mol. The molecule has 0 aliphatic rings. The molecule has 0 unspecified atom stereocenters. The molecule has 2 aromatic rings. The molecule has 1 aromatic heterocycles. The quantitative estimate of drug-likeness (QED) is 0.493. The number of aromatic nitrogens is 1. The lowest BCUT2D eigenvalue weighted by atomic mass is 10.2. The minimum Gasteiger partial charge on any atom is -0.383 e. The number of aliphatic imine (C=N–C) groups is 1. The Bertz CT molecular complexity index is 726. The third-order valence-electron chi connectivity index (χ3n) is 2.42. The molecular formula is C13H7Cl4N3O. The highest BCUT2D eigenvalue weighted by Crippen LogP contribution is 2.21. The van der Waals surface area contributed by atoms with Crippen molar-refractivity contribution >= 4 is 58.1 Å². The van der Waals surface area contributed by atoms with Crippen LogP contribution in [0.3, 0.4) is 0 Å². The second-order valence-corrected chi connectivity index (χ2v) is 5.62. The zero-order chi connectivity index (χ0) is 15.6. The molecule has 1 heterocycles. The van der Waals surface area contributed by atoms with Crippen molar-refractivity contribution in [3.05, 3.63) is 61.8 Å². The maximum absolute atomic E-state index is 12.1. The largest absolute Gasteiger partial charge is 0.383 e. The molecule has 1 aromatic carbocycles. The standard InChI is InChI=1S/C13H7Cl4N3O/c14-7-1-6(2-8(15)3-7)12(18)20-13(21)10-4-9(16)5-19-11(10)17/h1-5H,(H2,18,20,21). The lowest BCUT2D eigenvalue weighted by Gasteiger charge is -2.04. The minimum atomic E-state index is -0.663. The lowest BCUT2D eigenvalue weighted by Crippen LogP contribution is -2.16. The van der Waals surface area contributed by atoms with E-state index in [0.717, 1.165) is 0 Å². The van der Waals surface area contributed by atoms with E-state index < -0.39 is 5.91 Å². The fourth-order valence-electron chi connectivity index (χ4n) is 1.51. The van der Waals surface area contributed by atoms with Crippen molar-refractivity contribution in [1.82, 2.24) is 4.98 Å². The second kappa shape index (κ2) is 6.62. The van der Waals surface area contributed by atoms with Crippen molar-refractivity contribution in [2.75, 3.05) is 0 Å². The Hall–Kier alpha value is -1.33. The summed E-state index contributed by atoms with van der Waals surface area (Å²) >= 11 is 23.3. The van der Waals surface area contributed by atoms with Crippen LogP contribution >= 0.6 is 46.4 Å².